The zero-order valence-electron chi connectivity index (χ0n) is 11.1. The highest BCUT2D eigenvalue weighted by molar-refractivity contribution is 5.78. The molecule has 0 saturated heterocycles. The molecule has 1 aromatic carbocycles. The van der Waals surface area contributed by atoms with Crippen molar-refractivity contribution in [3.63, 3.8) is 0 Å². The largest absolute Gasteiger partial charge is 0.472 e. The summed E-state index contributed by atoms with van der Waals surface area (Å²) in [5, 5.41) is 5.99. The van der Waals surface area contributed by atoms with Crippen LogP contribution in [0.3, 0.4) is 0 Å². The lowest BCUT2D eigenvalue weighted by Gasteiger charge is -2.13. The minimum Gasteiger partial charge on any atom is -0.472 e. The van der Waals surface area contributed by atoms with Crippen LogP contribution in [0.2, 0.25) is 0 Å². The van der Waals surface area contributed by atoms with Crippen LogP contribution in [0.5, 0.6) is 0 Å². The van der Waals surface area contributed by atoms with Gasteiger partial charge < -0.3 is 15.1 Å². The zero-order valence-corrected chi connectivity index (χ0v) is 11.1. The summed E-state index contributed by atoms with van der Waals surface area (Å²) in [5.74, 6) is 0.0208. The highest BCUT2D eigenvalue weighted by Crippen LogP contribution is 2.19. The van der Waals surface area contributed by atoms with Crippen molar-refractivity contribution in [1.29, 1.82) is 0 Å². The van der Waals surface area contributed by atoms with E-state index in [2.05, 4.69) is 17.6 Å². The second-order valence-corrected chi connectivity index (χ2v) is 4.47. The molecule has 0 spiro atoms. The first kappa shape index (κ1) is 13.2. The minimum absolute atomic E-state index is 0.0208. The normalized spacial score (nSPS) is 11.9. The van der Waals surface area contributed by atoms with Crippen LogP contribution in [0.4, 0.5) is 5.69 Å². The van der Waals surface area contributed by atoms with Crippen molar-refractivity contribution in [2.24, 2.45) is 0 Å². The Morgan fingerprint density at radius 1 is 1.26 bits per heavy atom. The molecule has 1 amide bonds. The van der Waals surface area contributed by atoms with E-state index in [0.29, 0.717) is 6.42 Å². The van der Waals surface area contributed by atoms with Gasteiger partial charge in [-0.05, 0) is 30.7 Å². The maximum atomic E-state index is 11.3. The number of carbonyl (C=O) groups excluding carboxylic acids is 1. The molecule has 0 aliphatic heterocycles. The van der Waals surface area contributed by atoms with E-state index < -0.39 is 0 Å². The van der Waals surface area contributed by atoms with Gasteiger partial charge in [0.2, 0.25) is 5.91 Å². The molecule has 1 unspecified atom stereocenters. The third-order valence-corrected chi connectivity index (χ3v) is 3.02. The summed E-state index contributed by atoms with van der Waals surface area (Å²) >= 11 is 0. The molecule has 100 valence electrons. The number of likely N-dealkylation sites (N-methyl/N-ethyl adjacent to an activating group) is 1. The molecule has 0 saturated carbocycles. The van der Waals surface area contributed by atoms with Crippen LogP contribution in [-0.2, 0) is 11.2 Å². The lowest BCUT2D eigenvalue weighted by atomic mass is 10.1. The Morgan fingerprint density at radius 2 is 2.00 bits per heavy atom. The highest BCUT2D eigenvalue weighted by atomic mass is 16.3. The lowest BCUT2D eigenvalue weighted by molar-refractivity contribution is -0.119. The van der Waals surface area contributed by atoms with E-state index in [9.17, 15) is 4.79 Å². The third-order valence-electron chi connectivity index (χ3n) is 3.02. The van der Waals surface area contributed by atoms with Gasteiger partial charge in [0, 0.05) is 18.3 Å². The van der Waals surface area contributed by atoms with Crippen LogP contribution < -0.4 is 10.6 Å². The summed E-state index contributed by atoms with van der Waals surface area (Å²) in [4.78, 5) is 11.3. The van der Waals surface area contributed by atoms with Crippen LogP contribution in [0.25, 0.3) is 0 Å². The molecule has 4 nitrogen and oxygen atoms in total. The average molecular weight is 258 g/mol. The Balaban J connectivity index is 1.97. The Labute approximate surface area is 112 Å². The van der Waals surface area contributed by atoms with Crippen LogP contribution in [0.15, 0.2) is 47.3 Å². The summed E-state index contributed by atoms with van der Waals surface area (Å²) in [7, 11) is 1.64. The predicted molar refractivity (Wildman–Crippen MR) is 75.0 cm³/mol. The fraction of sp³-hybridized carbons (Fsp3) is 0.267. The zero-order chi connectivity index (χ0) is 13.7. The second kappa shape index (κ2) is 6.09. The molecule has 0 aliphatic carbocycles. The third kappa shape index (κ3) is 3.61. The first-order chi connectivity index (χ1) is 9.19. The number of benzene rings is 1. The topological polar surface area (TPSA) is 54.3 Å². The monoisotopic (exact) mass is 258 g/mol. The molecular weight excluding hydrogens is 240 g/mol. The first-order valence-corrected chi connectivity index (χ1v) is 6.27. The molecule has 1 heterocycles. The van der Waals surface area contributed by atoms with Gasteiger partial charge >= 0.3 is 0 Å². The minimum atomic E-state index is 0.0208. The van der Waals surface area contributed by atoms with Crippen molar-refractivity contribution in [3.05, 3.63) is 54.0 Å². The van der Waals surface area contributed by atoms with Gasteiger partial charge in [-0.15, -0.1) is 0 Å². The standard InChI is InChI=1S/C15H18N2O2/c1-11(13-7-8-19-10-13)17-14-5-3-12(4-6-14)9-15(18)16-2/h3-8,10-11,17H,9H2,1-2H3,(H,16,18). The highest BCUT2D eigenvalue weighted by Gasteiger charge is 2.06. The maximum absolute atomic E-state index is 11.3. The van der Waals surface area contributed by atoms with Crippen molar-refractivity contribution >= 4 is 11.6 Å². The number of nitrogens with one attached hydrogen (secondary N) is 2. The van der Waals surface area contributed by atoms with E-state index in [1.165, 1.54) is 0 Å². The van der Waals surface area contributed by atoms with Crippen molar-refractivity contribution in [3.8, 4) is 0 Å². The van der Waals surface area contributed by atoms with Gasteiger partial charge in [-0.2, -0.15) is 0 Å². The number of anilines is 1. The van der Waals surface area contributed by atoms with Gasteiger partial charge in [-0.25, -0.2) is 0 Å². The maximum Gasteiger partial charge on any atom is 0.224 e. The number of hydrogen-bond acceptors (Lipinski definition) is 3. The summed E-state index contributed by atoms with van der Waals surface area (Å²) in [5.41, 5.74) is 3.13. The average Bonchev–Trinajstić information content (AvgIpc) is 2.95. The van der Waals surface area contributed by atoms with Gasteiger partial charge in [0.1, 0.15) is 0 Å². The van der Waals surface area contributed by atoms with Gasteiger partial charge in [-0.1, -0.05) is 12.1 Å². The smallest absolute Gasteiger partial charge is 0.224 e. The summed E-state index contributed by atoms with van der Waals surface area (Å²) < 4.78 is 5.06. The van der Waals surface area contributed by atoms with E-state index in [4.69, 9.17) is 4.42 Å². The molecule has 2 rings (SSSR count). The summed E-state index contributed by atoms with van der Waals surface area (Å²) in [6.07, 6.45) is 3.81. The molecule has 0 fully saturated rings. The Bertz CT molecular complexity index is 518. The molecule has 2 aromatic rings. The quantitative estimate of drug-likeness (QED) is 0.867. The van der Waals surface area contributed by atoms with Crippen LogP contribution in [-0.4, -0.2) is 13.0 Å². The van der Waals surface area contributed by atoms with Gasteiger partial charge in [-0.3, -0.25) is 4.79 Å². The van der Waals surface area contributed by atoms with E-state index in [1.807, 2.05) is 30.3 Å². The molecule has 19 heavy (non-hydrogen) atoms. The second-order valence-electron chi connectivity index (χ2n) is 4.47. The van der Waals surface area contributed by atoms with Gasteiger partial charge in [0.15, 0.2) is 0 Å². The van der Waals surface area contributed by atoms with Crippen LogP contribution >= 0.6 is 0 Å². The van der Waals surface area contributed by atoms with E-state index in [1.54, 1.807) is 19.6 Å². The first-order valence-electron chi connectivity index (χ1n) is 6.27. The molecule has 2 N–H and O–H groups in total. The molecule has 4 heteroatoms. The fourth-order valence-corrected chi connectivity index (χ4v) is 1.85. The van der Waals surface area contributed by atoms with E-state index in [-0.39, 0.29) is 11.9 Å². The lowest BCUT2D eigenvalue weighted by Crippen LogP contribution is -2.19. The number of hydrogen-bond donors (Lipinski definition) is 2. The number of furan rings is 1. The molecular formula is C15H18N2O2. The van der Waals surface area contributed by atoms with Gasteiger partial charge in [0.05, 0.1) is 25.0 Å². The molecule has 0 bridgehead atoms. The summed E-state index contributed by atoms with van der Waals surface area (Å²) in [6.45, 7) is 2.07. The van der Waals surface area contributed by atoms with Crippen molar-refractivity contribution in [1.82, 2.24) is 5.32 Å². The molecule has 1 aromatic heterocycles. The number of rotatable bonds is 5. The Kier molecular flexibility index (Phi) is 4.23. The molecule has 0 aliphatic rings. The van der Waals surface area contributed by atoms with Crippen molar-refractivity contribution in [2.75, 3.05) is 12.4 Å². The van der Waals surface area contributed by atoms with E-state index >= 15 is 0 Å². The van der Waals surface area contributed by atoms with Crippen LogP contribution in [0.1, 0.15) is 24.1 Å². The van der Waals surface area contributed by atoms with Crippen molar-refractivity contribution < 1.29 is 9.21 Å². The molecule has 0 radical (unpaired) electrons. The van der Waals surface area contributed by atoms with Crippen LogP contribution in [0, 0.1) is 0 Å². The fourth-order valence-electron chi connectivity index (χ4n) is 1.85. The van der Waals surface area contributed by atoms with Crippen molar-refractivity contribution in [2.45, 2.75) is 19.4 Å². The Hall–Kier alpha value is -2.23. The predicted octanol–water partition coefficient (Wildman–Crippen LogP) is 2.74. The molecule has 1 atom stereocenters. The van der Waals surface area contributed by atoms with Gasteiger partial charge in [0.25, 0.3) is 0 Å². The number of carbonyl (C=O) groups is 1. The van der Waals surface area contributed by atoms with E-state index in [0.717, 1.165) is 16.8 Å². The summed E-state index contributed by atoms with van der Waals surface area (Å²) in [6, 6.07) is 10.0. The number of amides is 1. The Morgan fingerprint density at radius 3 is 2.58 bits per heavy atom. The SMILES string of the molecule is CNC(=O)Cc1ccc(NC(C)c2ccoc2)cc1.